The summed E-state index contributed by atoms with van der Waals surface area (Å²) in [6.07, 6.45) is 3.85. The van der Waals surface area contributed by atoms with E-state index in [-0.39, 0.29) is 24.7 Å². The molecule has 2 fully saturated rings. The Hall–Kier alpha value is -1.38. The van der Waals surface area contributed by atoms with Crippen molar-refractivity contribution in [3.05, 3.63) is 0 Å². The maximum atomic E-state index is 12.7. The molecule has 0 aromatic carbocycles. The number of carbonyl (C=O) groups is 2. The van der Waals surface area contributed by atoms with Crippen LogP contribution in [0.1, 0.15) is 39.5 Å². The fourth-order valence-electron chi connectivity index (χ4n) is 4.13. The van der Waals surface area contributed by atoms with Gasteiger partial charge in [0.1, 0.15) is 0 Å². The summed E-state index contributed by atoms with van der Waals surface area (Å²) < 4.78 is 5.21. The molecule has 1 heterocycles. The predicted molar refractivity (Wildman–Crippen MR) is 104 cm³/mol. The highest BCUT2D eigenvalue weighted by molar-refractivity contribution is 5.75. The molecule has 0 aromatic rings. The summed E-state index contributed by atoms with van der Waals surface area (Å²) in [5.41, 5.74) is 0. The van der Waals surface area contributed by atoms with Crippen LogP contribution in [0.3, 0.4) is 0 Å². The van der Waals surface area contributed by atoms with Crippen LogP contribution in [0.4, 0.5) is 4.79 Å². The van der Waals surface area contributed by atoms with E-state index in [4.69, 9.17) is 9.84 Å². The van der Waals surface area contributed by atoms with Gasteiger partial charge in [-0.05, 0) is 25.8 Å². The number of hydrogen-bond acceptors (Lipinski definition) is 5. The molecule has 0 bridgehead atoms. The minimum atomic E-state index is -0.794. The molecule has 1 saturated carbocycles. The summed E-state index contributed by atoms with van der Waals surface area (Å²) in [6.45, 7) is 8.98. The van der Waals surface area contributed by atoms with Crippen LogP contribution in [0.2, 0.25) is 0 Å². The van der Waals surface area contributed by atoms with Crippen LogP contribution in [0.15, 0.2) is 0 Å². The molecule has 8 heteroatoms. The Morgan fingerprint density at radius 2 is 2.00 bits per heavy atom. The average molecular weight is 385 g/mol. The topological polar surface area (TPSA) is 85.4 Å². The molecule has 1 atom stereocenters. The van der Waals surface area contributed by atoms with Gasteiger partial charge >= 0.3 is 12.0 Å². The predicted octanol–water partition coefficient (Wildman–Crippen LogP) is 1.07. The molecule has 1 unspecified atom stereocenters. The van der Waals surface area contributed by atoms with Crippen molar-refractivity contribution in [1.82, 2.24) is 20.0 Å². The number of methoxy groups -OCH3 is 1. The lowest BCUT2D eigenvalue weighted by atomic mass is 9.85. The fraction of sp³-hybridized carbons (Fsp3) is 0.895. The van der Waals surface area contributed by atoms with Crippen LogP contribution in [0.25, 0.3) is 0 Å². The summed E-state index contributed by atoms with van der Waals surface area (Å²) in [7, 11) is 1.72. The van der Waals surface area contributed by atoms with Crippen LogP contribution >= 0.6 is 0 Å². The molecule has 1 aliphatic carbocycles. The third-order valence-corrected chi connectivity index (χ3v) is 5.80. The van der Waals surface area contributed by atoms with E-state index in [0.29, 0.717) is 6.04 Å². The monoisotopic (exact) mass is 384 g/mol. The summed E-state index contributed by atoms with van der Waals surface area (Å²) in [5, 5.41) is 12.1. The molecule has 2 N–H and O–H groups in total. The maximum Gasteiger partial charge on any atom is 0.317 e. The third-order valence-electron chi connectivity index (χ3n) is 5.80. The lowest BCUT2D eigenvalue weighted by molar-refractivity contribution is -0.139. The van der Waals surface area contributed by atoms with E-state index in [1.807, 2.05) is 16.7 Å². The Bertz CT molecular complexity index is 484. The van der Waals surface area contributed by atoms with E-state index in [0.717, 1.165) is 65.0 Å². The van der Waals surface area contributed by atoms with E-state index in [1.54, 1.807) is 7.11 Å². The van der Waals surface area contributed by atoms with Crippen molar-refractivity contribution in [3.8, 4) is 0 Å². The first-order valence-corrected chi connectivity index (χ1v) is 10.2. The molecular formula is C19H36N4O4. The van der Waals surface area contributed by atoms with Gasteiger partial charge in [-0.1, -0.05) is 20.3 Å². The number of carboxylic acid groups (broad SMARTS) is 1. The summed E-state index contributed by atoms with van der Waals surface area (Å²) in [4.78, 5) is 29.9. The molecule has 0 aromatic heterocycles. The van der Waals surface area contributed by atoms with E-state index in [1.165, 1.54) is 0 Å². The standard InChI is InChI=1S/C19H36N4O4/c1-4-6-16-13-23(8-7-22(16)9-10-27-3)19(26)20-15-11-17(12-15)21(5-2)14-18(24)25/h15-17H,4-14H2,1-3H3,(H,20,26)(H,24,25). The molecule has 27 heavy (non-hydrogen) atoms. The highest BCUT2D eigenvalue weighted by Crippen LogP contribution is 2.26. The van der Waals surface area contributed by atoms with Gasteiger partial charge in [0.2, 0.25) is 0 Å². The number of likely N-dealkylation sites (N-methyl/N-ethyl adjacent to an activating group) is 1. The van der Waals surface area contributed by atoms with Crippen LogP contribution in [-0.4, -0.2) is 103 Å². The van der Waals surface area contributed by atoms with Crippen LogP contribution in [-0.2, 0) is 9.53 Å². The molecular weight excluding hydrogens is 348 g/mol. The zero-order chi connectivity index (χ0) is 19.8. The minimum absolute atomic E-state index is 0.0206. The van der Waals surface area contributed by atoms with E-state index in [2.05, 4.69) is 17.1 Å². The number of nitrogens with one attached hydrogen (secondary N) is 1. The molecule has 2 rings (SSSR count). The Balaban J connectivity index is 1.77. The van der Waals surface area contributed by atoms with E-state index >= 15 is 0 Å². The van der Waals surface area contributed by atoms with E-state index in [9.17, 15) is 9.59 Å². The van der Waals surface area contributed by atoms with Gasteiger partial charge in [0, 0.05) is 51.4 Å². The molecule has 1 saturated heterocycles. The van der Waals surface area contributed by atoms with Crippen LogP contribution in [0.5, 0.6) is 0 Å². The molecule has 2 amide bonds. The van der Waals surface area contributed by atoms with Crippen molar-refractivity contribution in [2.45, 2.75) is 57.7 Å². The molecule has 8 nitrogen and oxygen atoms in total. The summed E-state index contributed by atoms with van der Waals surface area (Å²) >= 11 is 0. The molecule has 1 aliphatic heterocycles. The van der Waals surface area contributed by atoms with Gasteiger partial charge in [0.05, 0.1) is 13.2 Å². The Labute approximate surface area is 162 Å². The van der Waals surface area contributed by atoms with Crippen molar-refractivity contribution in [2.24, 2.45) is 0 Å². The van der Waals surface area contributed by atoms with Gasteiger partial charge in [0.15, 0.2) is 0 Å². The number of carbonyl (C=O) groups excluding carboxylic acids is 1. The Morgan fingerprint density at radius 3 is 2.59 bits per heavy atom. The van der Waals surface area contributed by atoms with Gasteiger partial charge in [-0.15, -0.1) is 0 Å². The van der Waals surface area contributed by atoms with Crippen LogP contribution < -0.4 is 5.32 Å². The van der Waals surface area contributed by atoms with Gasteiger partial charge < -0.3 is 20.1 Å². The molecule has 156 valence electrons. The van der Waals surface area contributed by atoms with Crippen molar-refractivity contribution < 1.29 is 19.4 Å². The second kappa shape index (κ2) is 10.8. The molecule has 0 radical (unpaired) electrons. The number of hydrogen-bond donors (Lipinski definition) is 2. The SMILES string of the molecule is CCCC1CN(C(=O)NC2CC(N(CC)CC(=O)O)C2)CCN1CCOC. The highest BCUT2D eigenvalue weighted by atomic mass is 16.5. The lowest BCUT2D eigenvalue weighted by Gasteiger charge is -2.45. The second-order valence-electron chi connectivity index (χ2n) is 7.65. The second-order valence-corrected chi connectivity index (χ2v) is 7.65. The lowest BCUT2D eigenvalue weighted by Crippen LogP contribution is -2.61. The van der Waals surface area contributed by atoms with Crippen molar-refractivity contribution in [2.75, 3.05) is 53.0 Å². The zero-order valence-corrected chi connectivity index (χ0v) is 17.0. The quantitative estimate of drug-likeness (QED) is 0.586. The van der Waals surface area contributed by atoms with Gasteiger partial charge in [-0.3, -0.25) is 14.6 Å². The first-order valence-electron chi connectivity index (χ1n) is 10.2. The molecule has 0 spiro atoms. The normalized spacial score (nSPS) is 26.1. The summed E-state index contributed by atoms with van der Waals surface area (Å²) in [6, 6.07) is 0.828. The first-order chi connectivity index (χ1) is 13.0. The average Bonchev–Trinajstić information content (AvgIpc) is 2.61. The third kappa shape index (κ3) is 6.33. The summed E-state index contributed by atoms with van der Waals surface area (Å²) in [5.74, 6) is -0.794. The number of ether oxygens (including phenoxy) is 1. The largest absolute Gasteiger partial charge is 0.480 e. The number of piperazine rings is 1. The van der Waals surface area contributed by atoms with E-state index < -0.39 is 5.97 Å². The van der Waals surface area contributed by atoms with Gasteiger partial charge in [-0.2, -0.15) is 0 Å². The number of nitrogens with zero attached hydrogens (tertiary/aromatic N) is 3. The minimum Gasteiger partial charge on any atom is -0.480 e. The Morgan fingerprint density at radius 1 is 1.26 bits per heavy atom. The zero-order valence-electron chi connectivity index (χ0n) is 17.0. The smallest absolute Gasteiger partial charge is 0.317 e. The number of urea groups is 1. The van der Waals surface area contributed by atoms with Crippen molar-refractivity contribution in [1.29, 1.82) is 0 Å². The van der Waals surface area contributed by atoms with Gasteiger partial charge in [-0.25, -0.2) is 4.79 Å². The maximum absolute atomic E-state index is 12.7. The van der Waals surface area contributed by atoms with Crippen molar-refractivity contribution in [3.63, 3.8) is 0 Å². The Kier molecular flexibility index (Phi) is 8.79. The van der Waals surface area contributed by atoms with Gasteiger partial charge in [0.25, 0.3) is 0 Å². The number of rotatable bonds is 10. The molecule has 2 aliphatic rings. The number of carboxylic acids is 1. The highest BCUT2D eigenvalue weighted by Gasteiger charge is 2.36. The number of amides is 2. The fourth-order valence-corrected chi connectivity index (χ4v) is 4.13. The van der Waals surface area contributed by atoms with Crippen molar-refractivity contribution >= 4 is 12.0 Å². The first kappa shape index (κ1) is 21.9. The van der Waals surface area contributed by atoms with Crippen LogP contribution in [0, 0.1) is 0 Å². The number of aliphatic carboxylic acids is 1.